The van der Waals surface area contributed by atoms with Crippen molar-refractivity contribution < 1.29 is 4.79 Å². The number of pyridine rings is 1. The molecule has 0 radical (unpaired) electrons. The average Bonchev–Trinajstić information content (AvgIpc) is 2.70. The lowest BCUT2D eigenvalue weighted by Gasteiger charge is -2.05. The van der Waals surface area contributed by atoms with Crippen LogP contribution in [0.5, 0.6) is 0 Å². The van der Waals surface area contributed by atoms with Gasteiger partial charge in [-0.05, 0) is 50.2 Å². The van der Waals surface area contributed by atoms with E-state index in [4.69, 9.17) is 0 Å². The van der Waals surface area contributed by atoms with E-state index in [0.717, 1.165) is 44.1 Å². The van der Waals surface area contributed by atoms with Crippen LogP contribution in [0.4, 0.5) is 0 Å². The predicted octanol–water partition coefficient (Wildman–Crippen LogP) is 6.29. The topological polar surface area (TPSA) is 42.0 Å². The van der Waals surface area contributed by atoms with Crippen molar-refractivity contribution in [2.75, 3.05) is 0 Å². The summed E-state index contributed by atoms with van der Waals surface area (Å²) in [4.78, 5) is 15.8. The third-order valence-electron chi connectivity index (χ3n) is 4.27. The zero-order chi connectivity index (χ0) is 19.4. The van der Waals surface area contributed by atoms with Gasteiger partial charge < -0.3 is 5.32 Å². The molecule has 1 heterocycles. The summed E-state index contributed by atoms with van der Waals surface area (Å²) in [6.07, 6.45) is 27.8. The van der Waals surface area contributed by atoms with Crippen LogP contribution in [-0.4, -0.2) is 10.9 Å². The Balaban J connectivity index is 1.87. The molecule has 0 saturated heterocycles. The first-order chi connectivity index (χ1) is 13.3. The van der Waals surface area contributed by atoms with Gasteiger partial charge in [0.25, 0.3) is 0 Å². The summed E-state index contributed by atoms with van der Waals surface area (Å²) < 4.78 is 0. The summed E-state index contributed by atoms with van der Waals surface area (Å²) in [5.74, 6) is 0.139. The van der Waals surface area contributed by atoms with Crippen LogP contribution in [0.25, 0.3) is 0 Å². The van der Waals surface area contributed by atoms with E-state index in [1.54, 1.807) is 12.4 Å². The van der Waals surface area contributed by atoms with Gasteiger partial charge in [-0.25, -0.2) is 0 Å². The third-order valence-corrected chi connectivity index (χ3v) is 4.27. The third kappa shape index (κ3) is 14.7. The number of carbonyl (C=O) groups is 1. The molecule has 0 fully saturated rings. The summed E-state index contributed by atoms with van der Waals surface area (Å²) in [6, 6.07) is 3.86. The van der Waals surface area contributed by atoms with Crippen LogP contribution in [0.1, 0.15) is 76.7 Å². The summed E-state index contributed by atoms with van der Waals surface area (Å²) in [5.41, 5.74) is 1.04. The molecule has 1 amide bonds. The Labute approximate surface area is 165 Å². The minimum Gasteiger partial charge on any atom is -0.352 e. The Bertz CT molecular complexity index is 561. The molecule has 0 spiro atoms. The first-order valence-corrected chi connectivity index (χ1v) is 10.4. The highest BCUT2D eigenvalue weighted by Crippen LogP contribution is 2.08. The van der Waals surface area contributed by atoms with E-state index < -0.39 is 0 Å². The maximum Gasteiger partial charge on any atom is 0.220 e. The second-order valence-corrected chi connectivity index (χ2v) is 6.74. The quantitative estimate of drug-likeness (QED) is 0.292. The first-order valence-electron chi connectivity index (χ1n) is 10.4. The summed E-state index contributed by atoms with van der Waals surface area (Å²) in [7, 11) is 0. The zero-order valence-electron chi connectivity index (χ0n) is 16.9. The second kappa shape index (κ2) is 17.3. The van der Waals surface area contributed by atoms with Gasteiger partial charge in [0, 0.05) is 25.4 Å². The number of aromatic nitrogens is 1. The SMILES string of the molecule is CC/C=C\C/C=C\C/C=C\CCCCCCCC(=O)NCc1cccnc1. The van der Waals surface area contributed by atoms with E-state index in [9.17, 15) is 4.79 Å². The molecular weight excluding hydrogens is 332 g/mol. The Morgan fingerprint density at radius 2 is 1.67 bits per heavy atom. The van der Waals surface area contributed by atoms with Crippen LogP contribution >= 0.6 is 0 Å². The molecule has 1 rings (SSSR count). The lowest BCUT2D eigenvalue weighted by atomic mass is 10.1. The molecular formula is C24H36N2O. The normalized spacial score (nSPS) is 11.7. The van der Waals surface area contributed by atoms with E-state index in [1.165, 1.54) is 19.3 Å². The molecule has 0 aliphatic heterocycles. The Hall–Kier alpha value is -2.16. The molecule has 0 unspecified atom stereocenters. The molecule has 0 aliphatic carbocycles. The van der Waals surface area contributed by atoms with E-state index >= 15 is 0 Å². The fraction of sp³-hybridized carbons (Fsp3) is 0.500. The van der Waals surface area contributed by atoms with Gasteiger partial charge >= 0.3 is 0 Å². The molecule has 0 aliphatic rings. The highest BCUT2D eigenvalue weighted by Gasteiger charge is 2.01. The second-order valence-electron chi connectivity index (χ2n) is 6.74. The van der Waals surface area contributed by atoms with Gasteiger partial charge in [-0.3, -0.25) is 9.78 Å². The number of allylic oxidation sites excluding steroid dienone is 6. The fourth-order valence-electron chi connectivity index (χ4n) is 2.70. The molecule has 148 valence electrons. The monoisotopic (exact) mass is 368 g/mol. The van der Waals surface area contributed by atoms with E-state index in [-0.39, 0.29) is 5.91 Å². The van der Waals surface area contributed by atoms with Gasteiger partial charge in [0.05, 0.1) is 0 Å². The average molecular weight is 369 g/mol. The van der Waals surface area contributed by atoms with Crippen LogP contribution in [0.2, 0.25) is 0 Å². The highest BCUT2D eigenvalue weighted by atomic mass is 16.1. The molecule has 1 aromatic heterocycles. The lowest BCUT2D eigenvalue weighted by Crippen LogP contribution is -2.22. The summed E-state index contributed by atoms with van der Waals surface area (Å²) in [5, 5.41) is 2.95. The van der Waals surface area contributed by atoms with Crippen molar-refractivity contribution in [2.45, 2.75) is 77.7 Å². The Morgan fingerprint density at radius 3 is 2.41 bits per heavy atom. The lowest BCUT2D eigenvalue weighted by molar-refractivity contribution is -0.121. The number of rotatable bonds is 15. The molecule has 1 aromatic rings. The van der Waals surface area contributed by atoms with Crippen molar-refractivity contribution in [1.82, 2.24) is 10.3 Å². The van der Waals surface area contributed by atoms with Gasteiger partial charge in [-0.1, -0.05) is 68.7 Å². The number of nitrogens with one attached hydrogen (secondary N) is 1. The summed E-state index contributed by atoms with van der Waals surface area (Å²) >= 11 is 0. The standard InChI is InChI=1S/C24H36N2O/c1-2-3-4-5-6-7-8-9-10-11-12-13-14-15-16-19-24(27)26-22-23-18-17-20-25-21-23/h3-4,6-7,9-10,17-18,20-21H,2,5,8,11-16,19,22H2,1H3,(H,26,27)/b4-3-,7-6-,10-9-. The van der Waals surface area contributed by atoms with Crippen LogP contribution in [0, 0.1) is 0 Å². The molecule has 3 nitrogen and oxygen atoms in total. The highest BCUT2D eigenvalue weighted by molar-refractivity contribution is 5.75. The van der Waals surface area contributed by atoms with Crippen LogP contribution in [0.15, 0.2) is 61.0 Å². The molecule has 1 N–H and O–H groups in total. The van der Waals surface area contributed by atoms with Gasteiger partial charge in [0.2, 0.25) is 5.91 Å². The zero-order valence-corrected chi connectivity index (χ0v) is 16.9. The summed E-state index contributed by atoms with van der Waals surface area (Å²) in [6.45, 7) is 2.73. The smallest absolute Gasteiger partial charge is 0.220 e. The predicted molar refractivity (Wildman–Crippen MR) is 115 cm³/mol. The van der Waals surface area contributed by atoms with Crippen molar-refractivity contribution >= 4 is 5.91 Å². The van der Waals surface area contributed by atoms with Gasteiger partial charge in [0.1, 0.15) is 0 Å². The van der Waals surface area contributed by atoms with Crippen LogP contribution in [0.3, 0.4) is 0 Å². The number of carbonyl (C=O) groups excluding carboxylic acids is 1. The molecule has 0 saturated carbocycles. The maximum atomic E-state index is 11.8. The van der Waals surface area contributed by atoms with Crippen molar-refractivity contribution in [3.05, 3.63) is 66.5 Å². The van der Waals surface area contributed by atoms with Crippen LogP contribution < -0.4 is 5.32 Å². The van der Waals surface area contributed by atoms with Crippen molar-refractivity contribution in [3.8, 4) is 0 Å². The van der Waals surface area contributed by atoms with Crippen molar-refractivity contribution in [1.29, 1.82) is 0 Å². The molecule has 3 heteroatoms. The Kier molecular flexibility index (Phi) is 14.6. The fourth-order valence-corrected chi connectivity index (χ4v) is 2.70. The van der Waals surface area contributed by atoms with Crippen LogP contribution in [-0.2, 0) is 11.3 Å². The largest absolute Gasteiger partial charge is 0.352 e. The molecule has 0 bridgehead atoms. The van der Waals surface area contributed by atoms with Gasteiger partial charge in [0.15, 0.2) is 0 Å². The minimum absolute atomic E-state index is 0.139. The first kappa shape index (κ1) is 22.9. The van der Waals surface area contributed by atoms with Gasteiger partial charge in [-0.2, -0.15) is 0 Å². The van der Waals surface area contributed by atoms with E-state index in [1.807, 2.05) is 12.1 Å². The van der Waals surface area contributed by atoms with Crippen molar-refractivity contribution in [3.63, 3.8) is 0 Å². The van der Waals surface area contributed by atoms with Gasteiger partial charge in [-0.15, -0.1) is 0 Å². The number of hydrogen-bond donors (Lipinski definition) is 1. The van der Waals surface area contributed by atoms with E-state index in [2.05, 4.69) is 53.7 Å². The molecule has 0 aromatic carbocycles. The molecule has 0 atom stereocenters. The van der Waals surface area contributed by atoms with E-state index in [0.29, 0.717) is 13.0 Å². The maximum absolute atomic E-state index is 11.8. The Morgan fingerprint density at radius 1 is 0.963 bits per heavy atom. The number of hydrogen-bond acceptors (Lipinski definition) is 2. The number of amides is 1. The number of unbranched alkanes of at least 4 members (excludes halogenated alkanes) is 5. The van der Waals surface area contributed by atoms with Crippen molar-refractivity contribution in [2.24, 2.45) is 0 Å². The minimum atomic E-state index is 0.139. The molecule has 27 heavy (non-hydrogen) atoms. The number of nitrogens with zero attached hydrogens (tertiary/aromatic N) is 1.